The highest BCUT2D eigenvalue weighted by Gasteiger charge is 2.28. The monoisotopic (exact) mass is 354 g/mol. The van der Waals surface area contributed by atoms with Crippen LogP contribution >= 0.6 is 0 Å². The number of hydrogen-bond donors (Lipinski definition) is 0. The molecule has 0 N–H and O–H groups in total. The second-order valence-electron chi connectivity index (χ2n) is 5.54. The molecule has 1 aliphatic rings. The Bertz CT molecular complexity index is 897. The third-order valence-electron chi connectivity index (χ3n) is 3.87. The molecule has 0 saturated heterocycles. The van der Waals surface area contributed by atoms with Crippen LogP contribution in [0.2, 0.25) is 0 Å². The third kappa shape index (κ3) is 3.39. The minimum Gasteiger partial charge on any atom is -0.493 e. The number of ether oxygens (including phenoxy) is 4. The number of carbonyl (C=O) groups is 2. The van der Waals surface area contributed by atoms with Gasteiger partial charge in [0.1, 0.15) is 11.5 Å². The number of fused-ring (bicyclic) bond motifs is 1. The summed E-state index contributed by atoms with van der Waals surface area (Å²) in [5, 5.41) is 0. The van der Waals surface area contributed by atoms with Gasteiger partial charge in [0.2, 0.25) is 5.78 Å². The van der Waals surface area contributed by atoms with Crippen molar-refractivity contribution in [3.8, 4) is 23.0 Å². The summed E-state index contributed by atoms with van der Waals surface area (Å²) >= 11 is 0. The van der Waals surface area contributed by atoms with E-state index in [4.69, 9.17) is 18.9 Å². The van der Waals surface area contributed by atoms with Crippen LogP contribution in [0.25, 0.3) is 6.08 Å². The lowest BCUT2D eigenvalue weighted by Crippen LogP contribution is -2.05. The van der Waals surface area contributed by atoms with E-state index in [0.717, 1.165) is 5.56 Å². The summed E-state index contributed by atoms with van der Waals surface area (Å²) in [6.07, 6.45) is 1.89. The first-order valence-corrected chi connectivity index (χ1v) is 8.06. The van der Waals surface area contributed by atoms with Gasteiger partial charge in [-0.1, -0.05) is 13.0 Å². The SMILES string of the molecule is CCC(=O)Oc1ccc2c(c1)O/C(=C/c1ccc(OC)c(OC)c1)C2=O. The van der Waals surface area contributed by atoms with Gasteiger partial charge in [-0.2, -0.15) is 0 Å². The van der Waals surface area contributed by atoms with Crippen molar-refractivity contribution in [2.75, 3.05) is 14.2 Å². The molecule has 0 fully saturated rings. The van der Waals surface area contributed by atoms with Crippen LogP contribution in [0.4, 0.5) is 0 Å². The van der Waals surface area contributed by atoms with Crippen LogP contribution in [0.5, 0.6) is 23.0 Å². The van der Waals surface area contributed by atoms with Crippen LogP contribution in [-0.2, 0) is 4.79 Å². The molecule has 1 heterocycles. The van der Waals surface area contributed by atoms with Crippen molar-refractivity contribution in [1.29, 1.82) is 0 Å². The van der Waals surface area contributed by atoms with Gasteiger partial charge in [0.05, 0.1) is 19.8 Å². The van der Waals surface area contributed by atoms with E-state index < -0.39 is 0 Å². The molecule has 0 aliphatic carbocycles. The predicted octanol–water partition coefficient (Wildman–Crippen LogP) is 3.64. The molecule has 6 nitrogen and oxygen atoms in total. The predicted molar refractivity (Wildman–Crippen MR) is 94.8 cm³/mol. The number of Topliss-reactive ketones (excluding diaryl/α,β-unsaturated/α-hetero) is 1. The van der Waals surface area contributed by atoms with Gasteiger partial charge in [-0.3, -0.25) is 9.59 Å². The Hall–Kier alpha value is -3.28. The van der Waals surface area contributed by atoms with Crippen molar-refractivity contribution in [3.05, 3.63) is 53.3 Å². The number of allylic oxidation sites excluding steroid dienone is 1. The Morgan fingerprint density at radius 2 is 1.85 bits per heavy atom. The Balaban J connectivity index is 1.87. The molecule has 0 amide bonds. The molecule has 0 atom stereocenters. The number of rotatable bonds is 5. The summed E-state index contributed by atoms with van der Waals surface area (Å²) in [5.74, 6) is 1.46. The zero-order chi connectivity index (χ0) is 18.7. The van der Waals surface area contributed by atoms with E-state index in [1.165, 1.54) is 6.07 Å². The van der Waals surface area contributed by atoms with Gasteiger partial charge in [-0.25, -0.2) is 0 Å². The summed E-state index contributed by atoms with van der Waals surface area (Å²) in [5.41, 5.74) is 1.16. The molecule has 134 valence electrons. The van der Waals surface area contributed by atoms with Gasteiger partial charge in [0, 0.05) is 12.5 Å². The van der Waals surface area contributed by atoms with Crippen molar-refractivity contribution in [2.24, 2.45) is 0 Å². The third-order valence-corrected chi connectivity index (χ3v) is 3.87. The molecule has 6 heteroatoms. The molecule has 3 rings (SSSR count). The van der Waals surface area contributed by atoms with Crippen molar-refractivity contribution < 1.29 is 28.5 Å². The van der Waals surface area contributed by atoms with E-state index in [1.807, 2.05) is 0 Å². The smallest absolute Gasteiger partial charge is 0.310 e. The maximum Gasteiger partial charge on any atom is 0.310 e. The van der Waals surface area contributed by atoms with Crippen LogP contribution < -0.4 is 18.9 Å². The van der Waals surface area contributed by atoms with E-state index in [-0.39, 0.29) is 23.9 Å². The Labute approximate surface area is 150 Å². The average Bonchev–Trinajstić information content (AvgIpc) is 2.96. The highest BCUT2D eigenvalue weighted by Crippen LogP contribution is 2.36. The highest BCUT2D eigenvalue weighted by atomic mass is 16.5. The second kappa shape index (κ2) is 7.31. The maximum absolute atomic E-state index is 12.5. The van der Waals surface area contributed by atoms with Gasteiger partial charge >= 0.3 is 5.97 Å². The van der Waals surface area contributed by atoms with E-state index in [9.17, 15) is 9.59 Å². The minimum absolute atomic E-state index is 0.186. The van der Waals surface area contributed by atoms with Crippen molar-refractivity contribution in [2.45, 2.75) is 13.3 Å². The van der Waals surface area contributed by atoms with Crippen LogP contribution in [0.3, 0.4) is 0 Å². The fourth-order valence-electron chi connectivity index (χ4n) is 2.53. The first kappa shape index (κ1) is 17.5. The number of esters is 1. The molecule has 0 radical (unpaired) electrons. The summed E-state index contributed by atoms with van der Waals surface area (Å²) in [6, 6.07) is 10.00. The normalized spacial score (nSPS) is 14.0. The number of benzene rings is 2. The Morgan fingerprint density at radius 3 is 2.54 bits per heavy atom. The molecule has 0 unspecified atom stereocenters. The first-order chi connectivity index (χ1) is 12.5. The molecular weight excluding hydrogens is 336 g/mol. The molecule has 0 bridgehead atoms. The van der Waals surface area contributed by atoms with Crippen molar-refractivity contribution in [3.63, 3.8) is 0 Å². The zero-order valence-electron chi connectivity index (χ0n) is 14.7. The van der Waals surface area contributed by atoms with Crippen LogP contribution in [-0.4, -0.2) is 26.0 Å². The van der Waals surface area contributed by atoms with E-state index >= 15 is 0 Å². The summed E-state index contributed by atoms with van der Waals surface area (Å²) in [6.45, 7) is 1.71. The number of methoxy groups -OCH3 is 2. The zero-order valence-corrected chi connectivity index (χ0v) is 14.7. The van der Waals surface area contributed by atoms with Crippen LogP contribution in [0, 0.1) is 0 Å². The fourth-order valence-corrected chi connectivity index (χ4v) is 2.53. The molecule has 0 spiro atoms. The quantitative estimate of drug-likeness (QED) is 0.464. The average molecular weight is 354 g/mol. The molecule has 26 heavy (non-hydrogen) atoms. The topological polar surface area (TPSA) is 71.1 Å². The molecule has 2 aromatic carbocycles. The van der Waals surface area contributed by atoms with E-state index in [2.05, 4.69) is 0 Å². The van der Waals surface area contributed by atoms with Crippen molar-refractivity contribution >= 4 is 17.8 Å². The van der Waals surface area contributed by atoms with Crippen molar-refractivity contribution in [1.82, 2.24) is 0 Å². The molecule has 0 saturated carbocycles. The van der Waals surface area contributed by atoms with Crippen LogP contribution in [0.1, 0.15) is 29.3 Å². The summed E-state index contributed by atoms with van der Waals surface area (Å²) in [4.78, 5) is 23.9. The molecule has 1 aliphatic heterocycles. The van der Waals surface area contributed by atoms with Crippen LogP contribution in [0.15, 0.2) is 42.2 Å². The largest absolute Gasteiger partial charge is 0.493 e. The summed E-state index contributed by atoms with van der Waals surface area (Å²) < 4.78 is 21.3. The van der Waals surface area contributed by atoms with Gasteiger partial charge in [0.25, 0.3) is 0 Å². The van der Waals surface area contributed by atoms with E-state index in [0.29, 0.717) is 28.6 Å². The fraction of sp³-hybridized carbons (Fsp3) is 0.200. The second-order valence-corrected chi connectivity index (χ2v) is 5.54. The lowest BCUT2D eigenvalue weighted by atomic mass is 10.1. The Kier molecular flexibility index (Phi) is 4.93. The van der Waals surface area contributed by atoms with Gasteiger partial charge in [0.15, 0.2) is 17.3 Å². The lowest BCUT2D eigenvalue weighted by molar-refractivity contribution is -0.134. The maximum atomic E-state index is 12.5. The summed E-state index contributed by atoms with van der Waals surface area (Å²) in [7, 11) is 3.10. The standard InChI is InChI=1S/C20H18O6/c1-4-19(21)25-13-6-7-14-16(11-13)26-18(20(14)22)10-12-5-8-15(23-2)17(9-12)24-3/h5-11H,4H2,1-3H3/b18-10+. The van der Waals surface area contributed by atoms with Gasteiger partial charge in [-0.15, -0.1) is 0 Å². The van der Waals surface area contributed by atoms with Gasteiger partial charge < -0.3 is 18.9 Å². The molecular formula is C20H18O6. The number of hydrogen-bond acceptors (Lipinski definition) is 6. The van der Waals surface area contributed by atoms with Gasteiger partial charge in [-0.05, 0) is 35.9 Å². The first-order valence-electron chi connectivity index (χ1n) is 8.06. The lowest BCUT2D eigenvalue weighted by Gasteiger charge is -2.08. The highest BCUT2D eigenvalue weighted by molar-refractivity contribution is 6.14. The molecule has 2 aromatic rings. The Morgan fingerprint density at radius 1 is 1.08 bits per heavy atom. The molecule has 0 aromatic heterocycles. The number of ketones is 1. The van der Waals surface area contributed by atoms with E-state index in [1.54, 1.807) is 57.6 Å². The number of carbonyl (C=O) groups excluding carboxylic acids is 2. The minimum atomic E-state index is -0.352.